The summed E-state index contributed by atoms with van der Waals surface area (Å²) in [7, 11) is 3.12. The van der Waals surface area contributed by atoms with Gasteiger partial charge in [-0.15, -0.1) is 0 Å². The van der Waals surface area contributed by atoms with Gasteiger partial charge in [-0.25, -0.2) is 0 Å². The van der Waals surface area contributed by atoms with E-state index < -0.39 is 12.6 Å². The van der Waals surface area contributed by atoms with Crippen molar-refractivity contribution in [2.45, 2.75) is 38.1 Å². The van der Waals surface area contributed by atoms with Crippen molar-refractivity contribution in [2.75, 3.05) is 14.2 Å². The number of hydrogen-bond acceptors (Lipinski definition) is 2. The van der Waals surface area contributed by atoms with E-state index in [4.69, 9.17) is 4.74 Å². The van der Waals surface area contributed by atoms with E-state index >= 15 is 0 Å². The fourth-order valence-electron chi connectivity index (χ4n) is 1.10. The second kappa shape index (κ2) is 5.44. The Bertz CT molecular complexity index is 138. The summed E-state index contributed by atoms with van der Waals surface area (Å²) >= 11 is 0. The Morgan fingerprint density at radius 2 is 1.92 bits per heavy atom. The van der Waals surface area contributed by atoms with Crippen molar-refractivity contribution in [1.29, 1.82) is 0 Å². The van der Waals surface area contributed by atoms with Crippen LogP contribution in [0.5, 0.6) is 0 Å². The van der Waals surface area contributed by atoms with Crippen LogP contribution < -0.4 is 5.32 Å². The fourth-order valence-corrected chi connectivity index (χ4v) is 1.10. The van der Waals surface area contributed by atoms with Crippen molar-refractivity contribution in [3.8, 4) is 0 Å². The molecule has 2 nitrogen and oxygen atoms in total. The van der Waals surface area contributed by atoms with Crippen LogP contribution in [0.4, 0.5) is 13.2 Å². The number of methoxy groups -OCH3 is 1. The molecule has 0 spiro atoms. The zero-order chi connectivity index (χ0) is 10.5. The van der Waals surface area contributed by atoms with E-state index in [2.05, 4.69) is 5.32 Å². The molecule has 0 bridgehead atoms. The van der Waals surface area contributed by atoms with Gasteiger partial charge in [0, 0.05) is 19.6 Å². The number of nitrogens with one attached hydrogen (secondary N) is 1. The number of alkyl halides is 3. The van der Waals surface area contributed by atoms with Crippen LogP contribution >= 0.6 is 0 Å². The molecule has 0 aromatic heterocycles. The summed E-state index contributed by atoms with van der Waals surface area (Å²) in [4.78, 5) is 0. The molecule has 2 atom stereocenters. The Labute approximate surface area is 76.5 Å². The van der Waals surface area contributed by atoms with Gasteiger partial charge in [0.15, 0.2) is 0 Å². The standard InChI is InChI=1S/C8H16F3NO/c1-6(13-3)7(12-2)4-5-8(9,10)11/h6-7,12H,4-5H2,1-3H3. The number of hydrogen-bond donors (Lipinski definition) is 1. The maximum absolute atomic E-state index is 11.9. The topological polar surface area (TPSA) is 21.3 Å². The summed E-state index contributed by atoms with van der Waals surface area (Å²) < 4.78 is 40.5. The van der Waals surface area contributed by atoms with Crippen molar-refractivity contribution >= 4 is 0 Å². The summed E-state index contributed by atoms with van der Waals surface area (Å²) in [6.45, 7) is 1.75. The highest BCUT2D eigenvalue weighted by molar-refractivity contribution is 4.73. The van der Waals surface area contributed by atoms with E-state index in [0.29, 0.717) is 0 Å². The van der Waals surface area contributed by atoms with E-state index in [-0.39, 0.29) is 18.6 Å². The highest BCUT2D eigenvalue weighted by Crippen LogP contribution is 2.23. The lowest BCUT2D eigenvalue weighted by molar-refractivity contribution is -0.138. The normalized spacial score (nSPS) is 17.1. The van der Waals surface area contributed by atoms with Gasteiger partial charge in [-0.2, -0.15) is 13.2 Å². The third-order valence-corrected chi connectivity index (χ3v) is 2.05. The number of halogens is 3. The SMILES string of the molecule is CNC(CCC(F)(F)F)C(C)OC. The van der Waals surface area contributed by atoms with Crippen LogP contribution in [-0.2, 0) is 4.74 Å². The predicted octanol–water partition coefficient (Wildman–Crippen LogP) is 1.95. The largest absolute Gasteiger partial charge is 0.389 e. The van der Waals surface area contributed by atoms with E-state index in [1.165, 1.54) is 7.11 Å². The van der Waals surface area contributed by atoms with Crippen LogP contribution in [0.3, 0.4) is 0 Å². The summed E-state index contributed by atoms with van der Waals surface area (Å²) in [6, 6.07) is -0.244. The maximum atomic E-state index is 11.9. The van der Waals surface area contributed by atoms with Gasteiger partial charge in [0.25, 0.3) is 0 Å². The molecule has 80 valence electrons. The van der Waals surface area contributed by atoms with Gasteiger partial charge in [0.1, 0.15) is 0 Å². The van der Waals surface area contributed by atoms with Crippen LogP contribution in [0.2, 0.25) is 0 Å². The Morgan fingerprint density at radius 1 is 1.38 bits per heavy atom. The average Bonchev–Trinajstić information content (AvgIpc) is 2.03. The van der Waals surface area contributed by atoms with Gasteiger partial charge in [-0.3, -0.25) is 0 Å². The first-order chi connectivity index (χ1) is 5.90. The summed E-state index contributed by atoms with van der Waals surface area (Å²) in [5, 5.41) is 2.80. The lowest BCUT2D eigenvalue weighted by Gasteiger charge is -2.22. The van der Waals surface area contributed by atoms with Crippen LogP contribution in [0.15, 0.2) is 0 Å². The molecule has 0 aliphatic heterocycles. The molecular weight excluding hydrogens is 183 g/mol. The van der Waals surface area contributed by atoms with Crippen molar-refractivity contribution < 1.29 is 17.9 Å². The van der Waals surface area contributed by atoms with Gasteiger partial charge < -0.3 is 10.1 Å². The molecule has 0 fully saturated rings. The van der Waals surface area contributed by atoms with E-state index in [1.807, 2.05) is 0 Å². The average molecular weight is 199 g/mol. The molecule has 5 heteroatoms. The van der Waals surface area contributed by atoms with Crippen molar-refractivity contribution in [3.63, 3.8) is 0 Å². The molecule has 0 aromatic carbocycles. The molecular formula is C8H16F3NO. The molecule has 0 heterocycles. The van der Waals surface area contributed by atoms with Crippen LogP contribution in [0.25, 0.3) is 0 Å². The Kier molecular flexibility index (Phi) is 5.32. The van der Waals surface area contributed by atoms with Crippen molar-refractivity contribution in [1.82, 2.24) is 5.32 Å². The zero-order valence-electron chi connectivity index (χ0n) is 8.11. The highest BCUT2D eigenvalue weighted by atomic mass is 19.4. The van der Waals surface area contributed by atoms with E-state index in [1.54, 1.807) is 14.0 Å². The predicted molar refractivity (Wildman–Crippen MR) is 44.6 cm³/mol. The fraction of sp³-hybridized carbons (Fsp3) is 1.00. The number of rotatable bonds is 5. The summed E-state index contributed by atoms with van der Waals surface area (Å²) in [5.41, 5.74) is 0. The lowest BCUT2D eigenvalue weighted by atomic mass is 10.1. The molecule has 0 aliphatic rings. The summed E-state index contributed by atoms with van der Waals surface area (Å²) in [6.07, 6.45) is -5.00. The molecule has 0 radical (unpaired) electrons. The monoisotopic (exact) mass is 199 g/mol. The maximum Gasteiger partial charge on any atom is 0.389 e. The second-order valence-corrected chi connectivity index (χ2v) is 2.99. The minimum absolute atomic E-state index is 0.0506. The third kappa shape index (κ3) is 5.87. The quantitative estimate of drug-likeness (QED) is 0.730. The molecule has 0 amide bonds. The molecule has 0 rings (SSSR count). The zero-order valence-corrected chi connectivity index (χ0v) is 8.11. The van der Waals surface area contributed by atoms with Crippen molar-refractivity contribution in [2.24, 2.45) is 0 Å². The Hall–Kier alpha value is -0.290. The van der Waals surface area contributed by atoms with E-state index in [9.17, 15) is 13.2 Å². The van der Waals surface area contributed by atoms with Gasteiger partial charge >= 0.3 is 6.18 Å². The molecule has 0 saturated heterocycles. The summed E-state index contributed by atoms with van der Waals surface area (Å²) in [5.74, 6) is 0. The second-order valence-electron chi connectivity index (χ2n) is 2.99. The van der Waals surface area contributed by atoms with Crippen molar-refractivity contribution in [3.05, 3.63) is 0 Å². The molecule has 13 heavy (non-hydrogen) atoms. The molecule has 0 aliphatic carbocycles. The van der Waals surface area contributed by atoms with Gasteiger partial charge in [-0.1, -0.05) is 0 Å². The van der Waals surface area contributed by atoms with Gasteiger partial charge in [-0.05, 0) is 20.4 Å². The number of ether oxygens (including phenoxy) is 1. The van der Waals surface area contributed by atoms with E-state index in [0.717, 1.165) is 0 Å². The van der Waals surface area contributed by atoms with Crippen LogP contribution in [-0.4, -0.2) is 32.5 Å². The first-order valence-electron chi connectivity index (χ1n) is 4.17. The Balaban J connectivity index is 3.85. The first-order valence-corrected chi connectivity index (χ1v) is 4.17. The molecule has 0 saturated carbocycles. The molecule has 2 unspecified atom stereocenters. The number of likely N-dealkylation sites (N-methyl/N-ethyl adjacent to an activating group) is 1. The molecule has 0 aromatic rings. The minimum Gasteiger partial charge on any atom is -0.380 e. The minimum atomic E-state index is -4.08. The smallest absolute Gasteiger partial charge is 0.380 e. The van der Waals surface area contributed by atoms with Gasteiger partial charge in [0.05, 0.1) is 6.10 Å². The van der Waals surface area contributed by atoms with Crippen LogP contribution in [0, 0.1) is 0 Å². The Morgan fingerprint density at radius 3 is 2.23 bits per heavy atom. The highest BCUT2D eigenvalue weighted by Gasteiger charge is 2.29. The molecule has 1 N–H and O–H groups in total. The van der Waals surface area contributed by atoms with Gasteiger partial charge in [0.2, 0.25) is 0 Å². The van der Waals surface area contributed by atoms with Crippen LogP contribution in [0.1, 0.15) is 19.8 Å². The lowest BCUT2D eigenvalue weighted by Crippen LogP contribution is -2.37. The third-order valence-electron chi connectivity index (χ3n) is 2.05. The first kappa shape index (κ1) is 12.7.